The van der Waals surface area contributed by atoms with Crippen molar-refractivity contribution in [1.29, 1.82) is 0 Å². The fourth-order valence-corrected chi connectivity index (χ4v) is 3.46. The quantitative estimate of drug-likeness (QED) is 0.775. The third-order valence-corrected chi connectivity index (χ3v) is 4.84. The summed E-state index contributed by atoms with van der Waals surface area (Å²) in [5.41, 5.74) is 1.85. The molecule has 0 aromatic heterocycles. The van der Waals surface area contributed by atoms with Gasteiger partial charge in [0, 0.05) is 5.41 Å². The molecule has 2 aromatic carbocycles. The molecular weight excluding hydrogens is 280 g/mol. The van der Waals surface area contributed by atoms with Crippen LogP contribution in [0.15, 0.2) is 71.0 Å². The maximum absolute atomic E-state index is 12.5. The molecule has 0 atom stereocenters. The first-order chi connectivity index (χ1) is 10.1. The Morgan fingerprint density at radius 1 is 0.952 bits per heavy atom. The fourth-order valence-electron chi connectivity index (χ4n) is 2.16. The molecule has 3 heteroatoms. The van der Waals surface area contributed by atoms with Crippen molar-refractivity contribution in [2.45, 2.75) is 31.1 Å². The third-order valence-electron chi connectivity index (χ3n) is 3.31. The van der Waals surface area contributed by atoms with Gasteiger partial charge < -0.3 is 0 Å². The summed E-state index contributed by atoms with van der Waals surface area (Å²) >= 11 is 0. The molecule has 0 fully saturated rings. The Labute approximate surface area is 127 Å². The lowest BCUT2D eigenvalue weighted by Crippen LogP contribution is -1.98. The molecule has 0 saturated carbocycles. The summed E-state index contributed by atoms with van der Waals surface area (Å²) in [6.45, 7) is 2.11. The predicted molar refractivity (Wildman–Crippen MR) is 87.6 cm³/mol. The summed E-state index contributed by atoms with van der Waals surface area (Å²) in [5, 5.41) is 1.42. The Bertz CT molecular complexity index is 687. The second-order valence-corrected chi connectivity index (χ2v) is 6.77. The van der Waals surface area contributed by atoms with Gasteiger partial charge in [0.1, 0.15) is 0 Å². The van der Waals surface area contributed by atoms with Crippen molar-refractivity contribution in [2.75, 3.05) is 0 Å². The number of sulfone groups is 1. The van der Waals surface area contributed by atoms with Gasteiger partial charge in [-0.1, -0.05) is 61.9 Å². The summed E-state index contributed by atoms with van der Waals surface area (Å²) in [6, 6.07) is 18.3. The average molecular weight is 300 g/mol. The number of benzene rings is 2. The van der Waals surface area contributed by atoms with Crippen molar-refractivity contribution in [3.05, 3.63) is 71.6 Å². The van der Waals surface area contributed by atoms with Crippen LogP contribution < -0.4 is 0 Å². The van der Waals surface area contributed by atoms with Gasteiger partial charge in [-0.15, -0.1) is 0 Å². The molecule has 0 spiro atoms. The van der Waals surface area contributed by atoms with Crippen molar-refractivity contribution in [3.63, 3.8) is 0 Å². The van der Waals surface area contributed by atoms with Gasteiger partial charge in [-0.05, 0) is 36.1 Å². The van der Waals surface area contributed by atoms with E-state index in [0.29, 0.717) is 4.90 Å². The Hall–Kier alpha value is -1.87. The molecule has 0 N–H and O–H groups in total. The van der Waals surface area contributed by atoms with Crippen LogP contribution in [0.3, 0.4) is 0 Å². The molecule has 110 valence electrons. The van der Waals surface area contributed by atoms with Gasteiger partial charge in [0.25, 0.3) is 0 Å². The summed E-state index contributed by atoms with van der Waals surface area (Å²) < 4.78 is 25.0. The van der Waals surface area contributed by atoms with E-state index >= 15 is 0 Å². The van der Waals surface area contributed by atoms with E-state index in [2.05, 4.69) is 6.92 Å². The molecule has 0 aliphatic rings. The summed E-state index contributed by atoms with van der Waals surface area (Å²) in [6.07, 6.45) is 2.78. The number of rotatable bonds is 6. The number of hydrogen-bond donors (Lipinski definition) is 0. The van der Waals surface area contributed by atoms with E-state index in [4.69, 9.17) is 0 Å². The van der Waals surface area contributed by atoms with Crippen molar-refractivity contribution < 1.29 is 8.42 Å². The lowest BCUT2D eigenvalue weighted by Gasteiger charge is -2.08. The van der Waals surface area contributed by atoms with E-state index in [9.17, 15) is 8.42 Å². The highest BCUT2D eigenvalue weighted by Crippen LogP contribution is 2.24. The largest absolute Gasteiger partial charge is 0.219 e. The van der Waals surface area contributed by atoms with Crippen molar-refractivity contribution >= 4 is 15.4 Å². The first kappa shape index (κ1) is 15.5. The molecule has 21 heavy (non-hydrogen) atoms. The van der Waals surface area contributed by atoms with Crippen LogP contribution >= 0.6 is 0 Å². The second-order valence-electron chi connectivity index (χ2n) is 4.97. The Morgan fingerprint density at radius 3 is 2.10 bits per heavy atom. The highest BCUT2D eigenvalue weighted by Gasteiger charge is 2.13. The van der Waals surface area contributed by atoms with E-state index in [1.54, 1.807) is 24.3 Å². The lowest BCUT2D eigenvalue weighted by atomic mass is 10.0. The van der Waals surface area contributed by atoms with Crippen molar-refractivity contribution in [1.82, 2.24) is 0 Å². The van der Waals surface area contributed by atoms with Crippen LogP contribution in [0.5, 0.6) is 0 Å². The Morgan fingerprint density at radius 2 is 1.52 bits per heavy atom. The molecule has 0 aliphatic heterocycles. The first-order valence-electron chi connectivity index (χ1n) is 7.19. The summed E-state index contributed by atoms with van der Waals surface area (Å²) in [4.78, 5) is 0.343. The van der Waals surface area contributed by atoms with Gasteiger partial charge in [0.05, 0.1) is 4.90 Å². The van der Waals surface area contributed by atoms with E-state index in [1.807, 2.05) is 36.4 Å². The van der Waals surface area contributed by atoms with Crippen LogP contribution in [0.25, 0.3) is 5.57 Å². The molecular formula is C18H20O2S. The summed E-state index contributed by atoms with van der Waals surface area (Å²) in [7, 11) is -3.40. The van der Waals surface area contributed by atoms with E-state index in [-0.39, 0.29) is 0 Å². The van der Waals surface area contributed by atoms with Gasteiger partial charge >= 0.3 is 0 Å². The molecule has 2 nitrogen and oxygen atoms in total. The molecule has 0 radical (unpaired) electrons. The normalized spacial score (nSPS) is 12.3. The maximum atomic E-state index is 12.5. The van der Waals surface area contributed by atoms with E-state index < -0.39 is 9.84 Å². The minimum absolute atomic E-state index is 0.343. The molecule has 2 aromatic rings. The Kier molecular flexibility index (Phi) is 5.34. The molecule has 0 aliphatic carbocycles. The molecule has 0 amide bonds. The minimum Gasteiger partial charge on any atom is -0.219 e. The van der Waals surface area contributed by atoms with E-state index in [0.717, 1.165) is 30.4 Å². The van der Waals surface area contributed by atoms with Crippen LogP contribution in [0.2, 0.25) is 0 Å². The van der Waals surface area contributed by atoms with Gasteiger partial charge in [0.15, 0.2) is 9.84 Å². The molecule has 0 bridgehead atoms. The number of unbranched alkanes of at least 4 members (excludes halogenated alkanes) is 1. The van der Waals surface area contributed by atoms with Crippen LogP contribution in [0.1, 0.15) is 31.7 Å². The molecule has 0 heterocycles. The predicted octanol–water partition coefficient (Wildman–Crippen LogP) is 4.69. The van der Waals surface area contributed by atoms with Gasteiger partial charge in [0.2, 0.25) is 0 Å². The van der Waals surface area contributed by atoms with Crippen LogP contribution in [-0.4, -0.2) is 8.42 Å². The molecule has 0 unspecified atom stereocenters. The lowest BCUT2D eigenvalue weighted by molar-refractivity contribution is 0.604. The number of allylic oxidation sites excluding steroid dienone is 1. The zero-order chi connectivity index (χ0) is 15.1. The van der Waals surface area contributed by atoms with Crippen LogP contribution in [0.4, 0.5) is 0 Å². The Balaban J connectivity index is 2.41. The number of hydrogen-bond acceptors (Lipinski definition) is 2. The minimum atomic E-state index is -3.40. The average Bonchev–Trinajstić information content (AvgIpc) is 2.53. The third kappa shape index (κ3) is 4.30. The van der Waals surface area contributed by atoms with Crippen LogP contribution in [-0.2, 0) is 9.84 Å². The maximum Gasteiger partial charge on any atom is 0.200 e. The van der Waals surface area contributed by atoms with Crippen molar-refractivity contribution in [2.24, 2.45) is 0 Å². The first-order valence-corrected chi connectivity index (χ1v) is 8.74. The zero-order valence-corrected chi connectivity index (χ0v) is 13.0. The van der Waals surface area contributed by atoms with E-state index in [1.165, 1.54) is 5.41 Å². The van der Waals surface area contributed by atoms with Gasteiger partial charge in [-0.25, -0.2) is 8.42 Å². The van der Waals surface area contributed by atoms with Crippen LogP contribution in [0, 0.1) is 0 Å². The van der Waals surface area contributed by atoms with Gasteiger partial charge in [-0.2, -0.15) is 0 Å². The highest BCUT2D eigenvalue weighted by molar-refractivity contribution is 7.94. The summed E-state index contributed by atoms with van der Waals surface area (Å²) in [5.74, 6) is 0. The molecule has 0 saturated heterocycles. The standard InChI is InChI=1S/C18H20O2S/c1-2-3-10-17(16-11-6-4-7-12-16)15-21(19,20)18-13-8-5-9-14-18/h4-9,11-15H,2-3,10H2,1H3/b17-15+. The fraction of sp³-hybridized carbons (Fsp3) is 0.222. The SMILES string of the molecule is CCCC/C(=C\S(=O)(=O)c1ccccc1)c1ccccc1. The van der Waals surface area contributed by atoms with Gasteiger partial charge in [-0.3, -0.25) is 0 Å². The topological polar surface area (TPSA) is 34.1 Å². The smallest absolute Gasteiger partial charge is 0.200 e. The second kappa shape index (κ2) is 7.23. The highest BCUT2D eigenvalue weighted by atomic mass is 32.2. The van der Waals surface area contributed by atoms with Crippen molar-refractivity contribution in [3.8, 4) is 0 Å². The molecule has 2 rings (SSSR count). The monoisotopic (exact) mass is 300 g/mol. The zero-order valence-electron chi connectivity index (χ0n) is 12.2.